The third-order valence-electron chi connectivity index (χ3n) is 12.4. The lowest BCUT2D eigenvalue weighted by Gasteiger charge is -2.22. The number of fused-ring (bicyclic) bond motifs is 10. The summed E-state index contributed by atoms with van der Waals surface area (Å²) in [5, 5.41) is 4.65. The van der Waals surface area contributed by atoms with Gasteiger partial charge in [0.2, 0.25) is 5.95 Å². The van der Waals surface area contributed by atoms with E-state index in [1.54, 1.807) is 0 Å². The molecule has 0 spiro atoms. The summed E-state index contributed by atoms with van der Waals surface area (Å²) >= 11 is 0. The average molecular weight is 756 g/mol. The lowest BCUT2D eigenvalue weighted by Crippen LogP contribution is -2.15. The summed E-state index contributed by atoms with van der Waals surface area (Å²) < 4.78 is 4.73. The zero-order valence-corrected chi connectivity index (χ0v) is 32.6. The topological polar surface area (TPSA) is 48.5 Å². The molecule has 0 bridgehead atoms. The van der Waals surface area contributed by atoms with E-state index in [-0.39, 0.29) is 5.41 Å². The molecule has 1 aliphatic rings. The van der Waals surface area contributed by atoms with Crippen LogP contribution in [0.1, 0.15) is 25.0 Å². The predicted octanol–water partition coefficient (Wildman–Crippen LogP) is 13.4. The molecule has 8 aromatic carbocycles. The van der Waals surface area contributed by atoms with Crippen LogP contribution >= 0.6 is 0 Å². The van der Waals surface area contributed by atoms with Gasteiger partial charge in [-0.3, -0.25) is 4.57 Å². The van der Waals surface area contributed by atoms with E-state index in [1.807, 2.05) is 24.3 Å². The molecule has 1 aliphatic carbocycles. The highest BCUT2D eigenvalue weighted by molar-refractivity contribution is 6.23. The summed E-state index contributed by atoms with van der Waals surface area (Å²) in [7, 11) is 0. The molecule has 278 valence electrons. The van der Waals surface area contributed by atoms with Crippen LogP contribution in [0.15, 0.2) is 188 Å². The lowest BCUT2D eigenvalue weighted by atomic mass is 9.82. The quantitative estimate of drug-likeness (QED) is 0.176. The van der Waals surface area contributed by atoms with Gasteiger partial charge in [0.15, 0.2) is 11.6 Å². The molecule has 0 N–H and O–H groups in total. The van der Waals surface area contributed by atoms with E-state index < -0.39 is 0 Å². The van der Waals surface area contributed by atoms with Gasteiger partial charge in [-0.1, -0.05) is 178 Å². The SMILES string of the molecule is CC1(C)c2ccccc2-c2ccc(-n3c4ccccc4c4ccc5c6ccccc6n(-c6nc(-c7ccccc7)nc(-c7ccc(-c8ccccc8)cc7)n6)c5c43)cc21. The van der Waals surface area contributed by atoms with Crippen molar-refractivity contribution in [3.8, 4) is 56.7 Å². The first-order valence-electron chi connectivity index (χ1n) is 20.2. The van der Waals surface area contributed by atoms with Gasteiger partial charge < -0.3 is 4.57 Å². The molecule has 12 rings (SSSR count). The first-order valence-corrected chi connectivity index (χ1v) is 20.2. The van der Waals surface area contributed by atoms with Gasteiger partial charge in [0.05, 0.1) is 22.1 Å². The van der Waals surface area contributed by atoms with Crippen molar-refractivity contribution in [2.75, 3.05) is 0 Å². The van der Waals surface area contributed by atoms with Crippen molar-refractivity contribution in [3.05, 3.63) is 199 Å². The van der Waals surface area contributed by atoms with Gasteiger partial charge >= 0.3 is 0 Å². The molecule has 0 fully saturated rings. The summed E-state index contributed by atoms with van der Waals surface area (Å²) in [4.78, 5) is 15.8. The molecule has 59 heavy (non-hydrogen) atoms. The molecule has 0 saturated carbocycles. The summed E-state index contributed by atoms with van der Waals surface area (Å²) in [5.41, 5.74) is 14.8. The highest BCUT2D eigenvalue weighted by Crippen LogP contribution is 2.50. The highest BCUT2D eigenvalue weighted by Gasteiger charge is 2.35. The molecule has 3 aromatic heterocycles. The fraction of sp³-hybridized carbons (Fsp3) is 0.0556. The largest absolute Gasteiger partial charge is 0.307 e. The minimum absolute atomic E-state index is 0.140. The van der Waals surface area contributed by atoms with Crippen LogP contribution in [-0.4, -0.2) is 24.1 Å². The molecule has 0 saturated heterocycles. The summed E-state index contributed by atoms with van der Waals surface area (Å²) in [6.07, 6.45) is 0. The third-order valence-corrected chi connectivity index (χ3v) is 12.4. The zero-order chi connectivity index (χ0) is 39.2. The fourth-order valence-electron chi connectivity index (χ4n) is 9.56. The van der Waals surface area contributed by atoms with E-state index in [1.165, 1.54) is 38.6 Å². The van der Waals surface area contributed by atoms with Gasteiger partial charge in [-0.15, -0.1) is 0 Å². The first kappa shape index (κ1) is 33.5. The van der Waals surface area contributed by atoms with Crippen LogP contribution in [0.4, 0.5) is 0 Å². The lowest BCUT2D eigenvalue weighted by molar-refractivity contribution is 0.660. The van der Waals surface area contributed by atoms with Crippen molar-refractivity contribution < 1.29 is 0 Å². The van der Waals surface area contributed by atoms with Gasteiger partial charge in [0.25, 0.3) is 0 Å². The van der Waals surface area contributed by atoms with E-state index >= 15 is 0 Å². The molecule has 5 heteroatoms. The Morgan fingerprint density at radius 1 is 0.373 bits per heavy atom. The highest BCUT2D eigenvalue weighted by atomic mass is 15.2. The maximum atomic E-state index is 5.36. The van der Waals surface area contributed by atoms with Crippen LogP contribution in [0.5, 0.6) is 0 Å². The molecule has 0 unspecified atom stereocenters. The van der Waals surface area contributed by atoms with E-state index in [0.29, 0.717) is 17.6 Å². The van der Waals surface area contributed by atoms with Crippen molar-refractivity contribution >= 4 is 43.6 Å². The average Bonchev–Trinajstić information content (AvgIpc) is 3.90. The van der Waals surface area contributed by atoms with Crippen LogP contribution in [0, 0.1) is 0 Å². The zero-order valence-electron chi connectivity index (χ0n) is 32.6. The maximum absolute atomic E-state index is 5.36. The minimum atomic E-state index is -0.140. The van der Waals surface area contributed by atoms with Gasteiger partial charge in [0.1, 0.15) is 0 Å². The Morgan fingerprint density at radius 3 is 1.54 bits per heavy atom. The van der Waals surface area contributed by atoms with Gasteiger partial charge in [0, 0.05) is 43.8 Å². The van der Waals surface area contributed by atoms with Crippen molar-refractivity contribution in [1.82, 2.24) is 24.1 Å². The summed E-state index contributed by atoms with van der Waals surface area (Å²) in [6, 6.07) is 67.0. The van der Waals surface area contributed by atoms with E-state index in [9.17, 15) is 0 Å². The Balaban J connectivity index is 1.16. The molecule has 0 amide bonds. The number of para-hydroxylation sites is 2. The Hall–Kier alpha value is -7.63. The summed E-state index contributed by atoms with van der Waals surface area (Å²) in [5.74, 6) is 1.81. The number of hydrogen-bond donors (Lipinski definition) is 0. The Bertz CT molecular complexity index is 3450. The Morgan fingerprint density at radius 2 is 0.864 bits per heavy atom. The van der Waals surface area contributed by atoms with Crippen LogP contribution in [0.2, 0.25) is 0 Å². The second-order valence-electron chi connectivity index (χ2n) is 16.1. The molecule has 0 aliphatic heterocycles. The second kappa shape index (κ2) is 12.7. The smallest absolute Gasteiger partial charge is 0.238 e. The van der Waals surface area contributed by atoms with E-state index in [2.05, 4.69) is 187 Å². The minimum Gasteiger partial charge on any atom is -0.307 e. The number of benzene rings is 8. The van der Waals surface area contributed by atoms with Gasteiger partial charge in [-0.05, 0) is 57.6 Å². The van der Waals surface area contributed by atoms with E-state index in [0.717, 1.165) is 55.2 Å². The molecular weight excluding hydrogens is 719 g/mol. The predicted molar refractivity (Wildman–Crippen MR) is 242 cm³/mol. The van der Waals surface area contributed by atoms with Crippen LogP contribution < -0.4 is 0 Å². The molecule has 0 radical (unpaired) electrons. The van der Waals surface area contributed by atoms with Crippen molar-refractivity contribution in [2.45, 2.75) is 19.3 Å². The molecule has 0 atom stereocenters. The van der Waals surface area contributed by atoms with E-state index in [4.69, 9.17) is 15.0 Å². The number of hydrogen-bond acceptors (Lipinski definition) is 3. The summed E-state index contributed by atoms with van der Waals surface area (Å²) in [6.45, 7) is 4.70. The first-order chi connectivity index (χ1) is 29.0. The monoisotopic (exact) mass is 755 g/mol. The number of nitrogens with zero attached hydrogens (tertiary/aromatic N) is 5. The number of rotatable bonds is 5. The molecule has 11 aromatic rings. The van der Waals surface area contributed by atoms with Crippen molar-refractivity contribution in [2.24, 2.45) is 0 Å². The van der Waals surface area contributed by atoms with Crippen molar-refractivity contribution in [3.63, 3.8) is 0 Å². The van der Waals surface area contributed by atoms with Crippen molar-refractivity contribution in [1.29, 1.82) is 0 Å². The van der Waals surface area contributed by atoms with Gasteiger partial charge in [-0.2, -0.15) is 9.97 Å². The normalized spacial score (nSPS) is 13.1. The number of aromatic nitrogens is 5. The fourth-order valence-corrected chi connectivity index (χ4v) is 9.56. The third kappa shape index (κ3) is 5.01. The van der Waals surface area contributed by atoms with Crippen LogP contribution in [0.3, 0.4) is 0 Å². The Labute approximate surface area is 341 Å². The molecule has 3 heterocycles. The van der Waals surface area contributed by atoms with Crippen LogP contribution in [-0.2, 0) is 5.41 Å². The standard InChI is InChI=1S/C54H37N5/c1-54(2)45-22-12-9-19-39(45)40-30-29-38(33-46(40)54)58-47-23-13-10-20-41(47)43-31-32-44-42-21-11-14-24-48(42)59(50(44)49(43)58)53-56-51(36-17-7-4-8-18-36)55-52(57-53)37-27-25-35(26-28-37)34-15-5-3-6-16-34/h3-33H,1-2H3. The maximum Gasteiger partial charge on any atom is 0.238 e. The molecular formula is C54H37N5. The Kier molecular flexibility index (Phi) is 7.20. The van der Waals surface area contributed by atoms with Gasteiger partial charge in [-0.25, -0.2) is 4.98 Å². The van der Waals surface area contributed by atoms with Crippen LogP contribution in [0.25, 0.3) is 100 Å². The second-order valence-corrected chi connectivity index (χ2v) is 16.1. The molecule has 5 nitrogen and oxygen atoms in total.